The predicted octanol–water partition coefficient (Wildman–Crippen LogP) is 2.92. The highest BCUT2D eigenvalue weighted by molar-refractivity contribution is 5.87. The lowest BCUT2D eigenvalue weighted by molar-refractivity contribution is -0.258. The number of ether oxygens (including phenoxy) is 4. The molecule has 1 fully saturated rings. The molecular weight excluding hydrogens is 312 g/mol. The summed E-state index contributed by atoms with van der Waals surface area (Å²) < 4.78 is 21.8. The lowest BCUT2D eigenvalue weighted by Crippen LogP contribution is -2.40. The van der Waals surface area contributed by atoms with Crippen LogP contribution in [0.1, 0.15) is 46.0 Å². The number of rotatable bonds is 10. The van der Waals surface area contributed by atoms with E-state index in [1.807, 2.05) is 0 Å². The predicted molar refractivity (Wildman–Crippen MR) is 89.3 cm³/mol. The quantitative estimate of drug-likeness (QED) is 0.263. The van der Waals surface area contributed by atoms with Crippen LogP contribution in [0.15, 0.2) is 24.3 Å². The van der Waals surface area contributed by atoms with Crippen LogP contribution in [0.5, 0.6) is 0 Å². The van der Waals surface area contributed by atoms with Crippen molar-refractivity contribution in [2.24, 2.45) is 0 Å². The second kappa shape index (κ2) is 10.3. The Labute approximate surface area is 143 Å². The van der Waals surface area contributed by atoms with Crippen LogP contribution in [0.2, 0.25) is 0 Å². The summed E-state index contributed by atoms with van der Waals surface area (Å²) >= 11 is 0. The largest absolute Gasteiger partial charge is 0.460 e. The van der Waals surface area contributed by atoms with Crippen LogP contribution in [0.3, 0.4) is 0 Å². The molecule has 136 valence electrons. The fourth-order valence-electron chi connectivity index (χ4n) is 2.39. The van der Waals surface area contributed by atoms with Gasteiger partial charge >= 0.3 is 11.9 Å². The minimum Gasteiger partial charge on any atom is -0.460 e. The number of esters is 2. The standard InChI is InChI=1S/C18H28O6/c1-14(2)16(19)21-10-12-23-18(8-6-5-7-9-18)24-13-11-22-17(20)15(3)4/h1,3,5-13H2,2,4H3. The maximum absolute atomic E-state index is 11.3. The molecular formula is C18H28O6. The van der Waals surface area contributed by atoms with Crippen LogP contribution in [0.4, 0.5) is 0 Å². The Hall–Kier alpha value is -1.66. The van der Waals surface area contributed by atoms with Gasteiger partial charge in [0.2, 0.25) is 0 Å². The Morgan fingerprint density at radius 3 is 1.58 bits per heavy atom. The first-order chi connectivity index (χ1) is 11.4. The van der Waals surface area contributed by atoms with Gasteiger partial charge in [-0.15, -0.1) is 0 Å². The van der Waals surface area contributed by atoms with Crippen molar-refractivity contribution in [2.75, 3.05) is 26.4 Å². The number of hydrogen-bond donors (Lipinski definition) is 0. The molecule has 6 heteroatoms. The van der Waals surface area contributed by atoms with Gasteiger partial charge in [0.15, 0.2) is 5.79 Å². The summed E-state index contributed by atoms with van der Waals surface area (Å²) in [5.41, 5.74) is 0.718. The third-order valence-electron chi connectivity index (χ3n) is 3.68. The van der Waals surface area contributed by atoms with Gasteiger partial charge in [-0.1, -0.05) is 19.6 Å². The van der Waals surface area contributed by atoms with Crippen molar-refractivity contribution in [3.05, 3.63) is 24.3 Å². The molecule has 1 aliphatic carbocycles. The first-order valence-electron chi connectivity index (χ1n) is 8.29. The number of hydrogen-bond acceptors (Lipinski definition) is 6. The van der Waals surface area contributed by atoms with E-state index >= 15 is 0 Å². The average molecular weight is 340 g/mol. The summed E-state index contributed by atoms with van der Waals surface area (Å²) in [6.45, 7) is 11.1. The first kappa shape index (κ1) is 20.4. The van der Waals surface area contributed by atoms with Gasteiger partial charge in [0.05, 0.1) is 13.2 Å². The zero-order valence-corrected chi connectivity index (χ0v) is 14.7. The van der Waals surface area contributed by atoms with Crippen molar-refractivity contribution in [3.8, 4) is 0 Å². The fourth-order valence-corrected chi connectivity index (χ4v) is 2.39. The molecule has 0 aromatic carbocycles. The minimum atomic E-state index is -0.691. The number of carbonyl (C=O) groups is 2. The molecule has 0 N–H and O–H groups in total. The highest BCUT2D eigenvalue weighted by Gasteiger charge is 2.34. The maximum atomic E-state index is 11.3. The molecule has 0 atom stereocenters. The van der Waals surface area contributed by atoms with Gasteiger partial charge in [0, 0.05) is 24.0 Å². The van der Waals surface area contributed by atoms with Crippen molar-refractivity contribution in [2.45, 2.75) is 51.7 Å². The molecule has 0 amide bonds. The average Bonchev–Trinajstić information content (AvgIpc) is 2.56. The highest BCUT2D eigenvalue weighted by atomic mass is 16.7. The topological polar surface area (TPSA) is 71.1 Å². The van der Waals surface area contributed by atoms with Crippen LogP contribution in [-0.2, 0) is 28.5 Å². The lowest BCUT2D eigenvalue weighted by atomic mass is 9.94. The molecule has 1 aliphatic rings. The van der Waals surface area contributed by atoms with E-state index in [1.165, 1.54) is 0 Å². The van der Waals surface area contributed by atoms with Gasteiger partial charge in [-0.3, -0.25) is 0 Å². The molecule has 0 aliphatic heterocycles. The molecule has 0 spiro atoms. The van der Waals surface area contributed by atoms with Crippen LogP contribution in [0, 0.1) is 0 Å². The lowest BCUT2D eigenvalue weighted by Gasteiger charge is -2.36. The Kier molecular flexibility index (Phi) is 8.71. The molecule has 0 radical (unpaired) electrons. The molecule has 24 heavy (non-hydrogen) atoms. The van der Waals surface area contributed by atoms with E-state index in [0.717, 1.165) is 32.1 Å². The Morgan fingerprint density at radius 2 is 1.21 bits per heavy atom. The van der Waals surface area contributed by atoms with E-state index in [1.54, 1.807) is 13.8 Å². The smallest absolute Gasteiger partial charge is 0.333 e. The summed E-state index contributed by atoms with van der Waals surface area (Å²) in [6, 6.07) is 0. The summed E-state index contributed by atoms with van der Waals surface area (Å²) in [5.74, 6) is -1.54. The molecule has 0 aromatic rings. The molecule has 0 heterocycles. The molecule has 0 aromatic heterocycles. The van der Waals surface area contributed by atoms with Crippen molar-refractivity contribution >= 4 is 11.9 Å². The van der Waals surface area contributed by atoms with Crippen LogP contribution in [0.25, 0.3) is 0 Å². The van der Waals surface area contributed by atoms with Crippen LogP contribution in [-0.4, -0.2) is 44.2 Å². The normalized spacial score (nSPS) is 16.2. The van der Waals surface area contributed by atoms with Gasteiger partial charge in [0.25, 0.3) is 0 Å². The molecule has 0 bridgehead atoms. The Balaban J connectivity index is 2.36. The molecule has 1 rings (SSSR count). The van der Waals surface area contributed by atoms with Crippen molar-refractivity contribution in [1.29, 1.82) is 0 Å². The van der Waals surface area contributed by atoms with E-state index in [-0.39, 0.29) is 26.4 Å². The molecule has 0 unspecified atom stereocenters. The van der Waals surface area contributed by atoms with Gasteiger partial charge in [0.1, 0.15) is 13.2 Å². The van der Waals surface area contributed by atoms with Gasteiger partial charge in [-0.25, -0.2) is 9.59 Å². The summed E-state index contributed by atoms with van der Waals surface area (Å²) in [5, 5.41) is 0. The molecule has 0 saturated heterocycles. The minimum absolute atomic E-state index is 0.154. The van der Waals surface area contributed by atoms with Crippen molar-refractivity contribution in [3.63, 3.8) is 0 Å². The molecule has 6 nitrogen and oxygen atoms in total. The second-order valence-electron chi connectivity index (χ2n) is 6.00. The van der Waals surface area contributed by atoms with Crippen LogP contribution < -0.4 is 0 Å². The van der Waals surface area contributed by atoms with E-state index in [2.05, 4.69) is 13.2 Å². The van der Waals surface area contributed by atoms with Crippen molar-refractivity contribution < 1.29 is 28.5 Å². The summed E-state index contributed by atoms with van der Waals surface area (Å²) in [4.78, 5) is 22.7. The number of carbonyl (C=O) groups excluding carboxylic acids is 2. The molecule has 1 saturated carbocycles. The Bertz CT molecular complexity index is 426. The van der Waals surface area contributed by atoms with E-state index < -0.39 is 17.7 Å². The van der Waals surface area contributed by atoms with E-state index in [9.17, 15) is 9.59 Å². The monoisotopic (exact) mass is 340 g/mol. The maximum Gasteiger partial charge on any atom is 0.333 e. The van der Waals surface area contributed by atoms with E-state index in [4.69, 9.17) is 18.9 Å². The zero-order valence-electron chi connectivity index (χ0n) is 14.7. The van der Waals surface area contributed by atoms with Gasteiger partial charge < -0.3 is 18.9 Å². The van der Waals surface area contributed by atoms with E-state index in [0.29, 0.717) is 11.1 Å². The third-order valence-corrected chi connectivity index (χ3v) is 3.68. The first-order valence-corrected chi connectivity index (χ1v) is 8.29. The zero-order chi connectivity index (χ0) is 18.0. The summed E-state index contributed by atoms with van der Waals surface area (Å²) in [7, 11) is 0. The van der Waals surface area contributed by atoms with Crippen molar-refractivity contribution in [1.82, 2.24) is 0 Å². The second-order valence-corrected chi connectivity index (χ2v) is 6.00. The third kappa shape index (κ3) is 7.27. The fraction of sp³-hybridized carbons (Fsp3) is 0.667. The van der Waals surface area contributed by atoms with Crippen LogP contribution >= 0.6 is 0 Å². The highest BCUT2D eigenvalue weighted by Crippen LogP contribution is 2.32. The van der Waals surface area contributed by atoms with Gasteiger partial charge in [-0.2, -0.15) is 0 Å². The van der Waals surface area contributed by atoms with Gasteiger partial charge in [-0.05, 0) is 26.7 Å². The SMILES string of the molecule is C=C(C)C(=O)OCCOC1(OCCOC(=O)C(=C)C)CCCCC1. The Morgan fingerprint density at radius 1 is 0.792 bits per heavy atom. The summed E-state index contributed by atoms with van der Waals surface area (Å²) in [6.07, 6.45) is 4.71.